The van der Waals surface area contributed by atoms with Crippen LogP contribution in [-0.2, 0) is 22.5 Å². The maximum atomic E-state index is 13.2. The number of esters is 1. The van der Waals surface area contributed by atoms with E-state index in [-0.39, 0.29) is 5.69 Å². The van der Waals surface area contributed by atoms with Gasteiger partial charge < -0.3 is 10.1 Å². The van der Waals surface area contributed by atoms with Crippen LogP contribution in [0.15, 0.2) is 42.5 Å². The molecule has 0 saturated carbocycles. The van der Waals surface area contributed by atoms with Crippen LogP contribution in [0.2, 0.25) is 0 Å². The lowest BCUT2D eigenvalue weighted by atomic mass is 9.95. The summed E-state index contributed by atoms with van der Waals surface area (Å²) in [4.78, 5) is 43.3. The van der Waals surface area contributed by atoms with Gasteiger partial charge in [0, 0.05) is 48.3 Å². The number of nitrogens with zero attached hydrogens (tertiary/aromatic N) is 3. The fourth-order valence-electron chi connectivity index (χ4n) is 4.23. The number of rotatable bonds is 7. The number of amides is 1. The molecule has 1 aromatic heterocycles. The minimum Gasteiger partial charge on any atom is -0.452 e. The SMILES string of the molecule is CCCN1CCc2nc3ccccc3c(C(=O)OCC(=O)Nc3cc([N+](=O)[O-])ccc3C)c2C1. The Morgan fingerprint density at radius 1 is 1.24 bits per heavy atom. The molecule has 2 aromatic carbocycles. The van der Waals surface area contributed by atoms with Crippen molar-refractivity contribution in [1.29, 1.82) is 0 Å². The number of pyridine rings is 1. The van der Waals surface area contributed by atoms with Crippen molar-refractivity contribution in [3.8, 4) is 0 Å². The van der Waals surface area contributed by atoms with Crippen molar-refractivity contribution in [2.45, 2.75) is 33.2 Å². The minimum absolute atomic E-state index is 0.135. The predicted octanol–water partition coefficient (Wildman–Crippen LogP) is 4.02. The van der Waals surface area contributed by atoms with E-state index in [9.17, 15) is 19.7 Å². The molecule has 9 nitrogen and oxygen atoms in total. The van der Waals surface area contributed by atoms with Gasteiger partial charge in [-0.15, -0.1) is 0 Å². The Morgan fingerprint density at radius 2 is 2.03 bits per heavy atom. The first-order valence-corrected chi connectivity index (χ1v) is 11.2. The molecule has 0 atom stereocenters. The summed E-state index contributed by atoms with van der Waals surface area (Å²) in [6.45, 7) is 5.74. The van der Waals surface area contributed by atoms with Gasteiger partial charge in [-0.1, -0.05) is 31.2 Å². The summed E-state index contributed by atoms with van der Waals surface area (Å²) in [5.74, 6) is -1.16. The number of non-ortho nitro benzene ring substituents is 1. The number of nitrogens with one attached hydrogen (secondary N) is 1. The number of fused-ring (bicyclic) bond motifs is 2. The molecule has 1 amide bonds. The lowest BCUT2D eigenvalue weighted by Gasteiger charge is -2.29. The molecule has 1 aliphatic heterocycles. The normalized spacial score (nSPS) is 13.4. The highest BCUT2D eigenvalue weighted by molar-refractivity contribution is 6.06. The van der Waals surface area contributed by atoms with Crippen LogP contribution in [0.5, 0.6) is 0 Å². The second-order valence-electron chi connectivity index (χ2n) is 8.34. The van der Waals surface area contributed by atoms with E-state index >= 15 is 0 Å². The van der Waals surface area contributed by atoms with Crippen LogP contribution in [0, 0.1) is 17.0 Å². The van der Waals surface area contributed by atoms with Gasteiger partial charge in [0.2, 0.25) is 0 Å². The first kappa shape index (κ1) is 23.3. The molecule has 176 valence electrons. The highest BCUT2D eigenvalue weighted by Crippen LogP contribution is 2.29. The van der Waals surface area contributed by atoms with Gasteiger partial charge in [-0.25, -0.2) is 4.79 Å². The number of carbonyl (C=O) groups is 2. The van der Waals surface area contributed by atoms with Crippen molar-refractivity contribution in [3.63, 3.8) is 0 Å². The highest BCUT2D eigenvalue weighted by atomic mass is 16.6. The van der Waals surface area contributed by atoms with E-state index in [0.29, 0.717) is 34.3 Å². The fourth-order valence-corrected chi connectivity index (χ4v) is 4.23. The fraction of sp³-hybridized carbons (Fsp3) is 0.320. The monoisotopic (exact) mass is 462 g/mol. The predicted molar refractivity (Wildman–Crippen MR) is 128 cm³/mol. The van der Waals surface area contributed by atoms with Crippen molar-refractivity contribution in [2.24, 2.45) is 0 Å². The number of nitro benzene ring substituents is 1. The molecule has 2 heterocycles. The first-order chi connectivity index (χ1) is 16.4. The van der Waals surface area contributed by atoms with Crippen molar-refractivity contribution in [1.82, 2.24) is 9.88 Å². The number of ether oxygens (including phenoxy) is 1. The minimum atomic E-state index is -0.584. The Kier molecular flexibility index (Phi) is 6.83. The quantitative estimate of drug-likeness (QED) is 0.320. The van der Waals surface area contributed by atoms with Crippen LogP contribution in [-0.4, -0.2) is 46.4 Å². The smallest absolute Gasteiger partial charge is 0.339 e. The van der Waals surface area contributed by atoms with Crippen molar-refractivity contribution in [3.05, 3.63) is 75.0 Å². The number of aromatic nitrogens is 1. The molecule has 1 N–H and O–H groups in total. The number of aryl methyl sites for hydroxylation is 1. The van der Waals surface area contributed by atoms with Gasteiger partial charge >= 0.3 is 5.97 Å². The summed E-state index contributed by atoms with van der Waals surface area (Å²) in [6, 6.07) is 11.6. The summed E-state index contributed by atoms with van der Waals surface area (Å²) in [6.07, 6.45) is 1.75. The molecular weight excluding hydrogens is 436 g/mol. The second kappa shape index (κ2) is 9.96. The molecule has 9 heteroatoms. The maximum Gasteiger partial charge on any atom is 0.339 e. The molecule has 0 radical (unpaired) electrons. The van der Waals surface area contributed by atoms with Gasteiger partial charge in [-0.3, -0.25) is 24.8 Å². The first-order valence-electron chi connectivity index (χ1n) is 11.2. The number of hydrogen-bond acceptors (Lipinski definition) is 7. The Labute approximate surface area is 196 Å². The third-order valence-corrected chi connectivity index (χ3v) is 5.91. The van der Waals surface area contributed by atoms with Crippen LogP contribution < -0.4 is 5.32 Å². The Morgan fingerprint density at radius 3 is 2.79 bits per heavy atom. The standard InChI is InChI=1S/C25H26N4O5/c1-3-11-28-12-10-21-19(14-28)24(18-6-4-5-7-20(18)26-21)25(31)34-15-23(30)27-22-13-17(29(32)33)9-8-16(22)2/h4-9,13H,3,10-12,14-15H2,1-2H3,(H,27,30). The highest BCUT2D eigenvalue weighted by Gasteiger charge is 2.26. The molecule has 4 rings (SSSR count). The molecule has 3 aromatic rings. The Balaban J connectivity index is 1.55. The molecule has 1 aliphatic rings. The van der Waals surface area contributed by atoms with Crippen LogP contribution in [0.3, 0.4) is 0 Å². The van der Waals surface area contributed by atoms with Crippen molar-refractivity contribution >= 4 is 34.2 Å². The van der Waals surface area contributed by atoms with E-state index < -0.39 is 23.4 Å². The zero-order valence-corrected chi connectivity index (χ0v) is 19.2. The lowest BCUT2D eigenvalue weighted by molar-refractivity contribution is -0.384. The van der Waals surface area contributed by atoms with Gasteiger partial charge in [0.25, 0.3) is 11.6 Å². The topological polar surface area (TPSA) is 115 Å². The second-order valence-corrected chi connectivity index (χ2v) is 8.34. The Hall–Kier alpha value is -3.85. The number of nitro groups is 1. The Bertz CT molecular complexity index is 1270. The van der Waals surface area contributed by atoms with Crippen LogP contribution in [0.25, 0.3) is 10.9 Å². The third kappa shape index (κ3) is 4.89. The van der Waals surface area contributed by atoms with Gasteiger partial charge in [0.1, 0.15) is 0 Å². The van der Waals surface area contributed by atoms with E-state index in [4.69, 9.17) is 9.72 Å². The van der Waals surface area contributed by atoms with E-state index in [1.165, 1.54) is 12.1 Å². The summed E-state index contributed by atoms with van der Waals surface area (Å²) >= 11 is 0. The molecule has 0 fully saturated rings. The number of benzene rings is 2. The zero-order valence-electron chi connectivity index (χ0n) is 19.2. The summed E-state index contributed by atoms with van der Waals surface area (Å²) in [7, 11) is 0. The molecule has 0 saturated heterocycles. The zero-order chi connectivity index (χ0) is 24.2. The molecule has 0 spiro atoms. The van der Waals surface area contributed by atoms with Crippen LogP contribution in [0.4, 0.5) is 11.4 Å². The van der Waals surface area contributed by atoms with E-state index in [2.05, 4.69) is 17.1 Å². The summed E-state index contributed by atoms with van der Waals surface area (Å²) < 4.78 is 5.42. The van der Waals surface area contributed by atoms with Crippen LogP contribution >= 0.6 is 0 Å². The molecule has 0 aliphatic carbocycles. The van der Waals surface area contributed by atoms with E-state index in [1.54, 1.807) is 13.0 Å². The van der Waals surface area contributed by atoms with Gasteiger partial charge in [-0.2, -0.15) is 0 Å². The molecule has 34 heavy (non-hydrogen) atoms. The maximum absolute atomic E-state index is 13.2. The van der Waals surface area contributed by atoms with Gasteiger partial charge in [0.05, 0.1) is 21.7 Å². The van der Waals surface area contributed by atoms with E-state index in [0.717, 1.165) is 37.2 Å². The number of carbonyl (C=O) groups excluding carboxylic acids is 2. The summed E-state index contributed by atoms with van der Waals surface area (Å²) in [5.41, 5.74) is 3.72. The van der Waals surface area contributed by atoms with Crippen molar-refractivity contribution in [2.75, 3.05) is 25.0 Å². The average molecular weight is 463 g/mol. The van der Waals surface area contributed by atoms with Gasteiger partial charge in [-0.05, 0) is 31.5 Å². The molecule has 0 unspecified atom stereocenters. The van der Waals surface area contributed by atoms with Crippen molar-refractivity contribution < 1.29 is 19.2 Å². The molecular formula is C25H26N4O5. The van der Waals surface area contributed by atoms with Gasteiger partial charge in [0.15, 0.2) is 6.61 Å². The number of para-hydroxylation sites is 1. The number of anilines is 1. The third-order valence-electron chi connectivity index (χ3n) is 5.91. The van der Waals surface area contributed by atoms with Crippen LogP contribution in [0.1, 0.15) is 40.5 Å². The molecule has 0 bridgehead atoms. The largest absolute Gasteiger partial charge is 0.452 e. The lowest BCUT2D eigenvalue weighted by Crippen LogP contribution is -2.33. The number of hydrogen-bond donors (Lipinski definition) is 1. The summed E-state index contributed by atoms with van der Waals surface area (Å²) in [5, 5.41) is 14.3. The average Bonchev–Trinajstić information content (AvgIpc) is 2.82. The van der Waals surface area contributed by atoms with E-state index in [1.807, 2.05) is 24.3 Å².